The summed E-state index contributed by atoms with van der Waals surface area (Å²) in [7, 11) is 1.72. The summed E-state index contributed by atoms with van der Waals surface area (Å²) in [4.78, 5) is 7.01. The summed E-state index contributed by atoms with van der Waals surface area (Å²) in [6, 6.07) is 0.284. The molecule has 2 N–H and O–H groups in total. The largest absolute Gasteiger partial charge is 0.496 e. The summed E-state index contributed by atoms with van der Waals surface area (Å²) in [5.74, 6) is 1.58. The molecule has 1 saturated heterocycles. The molecule has 1 aromatic heterocycles. The Kier molecular flexibility index (Phi) is 4.42. The van der Waals surface area contributed by atoms with Crippen LogP contribution >= 0.6 is 0 Å². The van der Waals surface area contributed by atoms with E-state index in [4.69, 9.17) is 10.5 Å². The van der Waals surface area contributed by atoms with Crippen LogP contribution in [0, 0.1) is 19.8 Å². The van der Waals surface area contributed by atoms with Crippen molar-refractivity contribution in [1.82, 2.24) is 9.88 Å². The molecule has 1 fully saturated rings. The van der Waals surface area contributed by atoms with Crippen molar-refractivity contribution in [1.29, 1.82) is 0 Å². The van der Waals surface area contributed by atoms with E-state index >= 15 is 0 Å². The van der Waals surface area contributed by atoms with Crippen LogP contribution in [0.5, 0.6) is 5.75 Å². The minimum Gasteiger partial charge on any atom is -0.496 e. The van der Waals surface area contributed by atoms with Crippen LogP contribution in [-0.2, 0) is 6.54 Å². The number of aryl methyl sites for hydroxylation is 1. The molecular weight excluding hydrogens is 238 g/mol. The van der Waals surface area contributed by atoms with E-state index in [0.717, 1.165) is 42.2 Å². The van der Waals surface area contributed by atoms with Crippen molar-refractivity contribution in [3.63, 3.8) is 0 Å². The molecule has 1 aliphatic heterocycles. The number of nitrogens with two attached hydrogens (primary N) is 1. The second-order valence-corrected chi connectivity index (χ2v) is 5.69. The molecule has 2 atom stereocenters. The van der Waals surface area contributed by atoms with Crippen LogP contribution in [0.25, 0.3) is 0 Å². The maximum absolute atomic E-state index is 5.99. The monoisotopic (exact) mass is 263 g/mol. The molecule has 2 heterocycles. The first kappa shape index (κ1) is 14.3. The summed E-state index contributed by atoms with van der Waals surface area (Å²) in [5, 5.41) is 0. The van der Waals surface area contributed by atoms with E-state index < -0.39 is 0 Å². The molecule has 1 aliphatic rings. The predicted octanol–water partition coefficient (Wildman–Crippen LogP) is 1.88. The number of hydrogen-bond acceptors (Lipinski definition) is 4. The average Bonchev–Trinajstić information content (AvgIpc) is 2.82. The molecule has 2 unspecified atom stereocenters. The van der Waals surface area contributed by atoms with Gasteiger partial charge < -0.3 is 10.5 Å². The molecule has 0 radical (unpaired) electrons. The highest BCUT2D eigenvalue weighted by Crippen LogP contribution is 2.26. The highest BCUT2D eigenvalue weighted by atomic mass is 16.5. The lowest BCUT2D eigenvalue weighted by molar-refractivity contribution is 0.303. The first-order chi connectivity index (χ1) is 9.02. The highest BCUT2D eigenvalue weighted by molar-refractivity contribution is 5.41. The molecule has 1 aromatic rings. The van der Waals surface area contributed by atoms with Crippen LogP contribution in [0.1, 0.15) is 30.2 Å². The van der Waals surface area contributed by atoms with Crippen LogP contribution in [0.2, 0.25) is 0 Å². The third kappa shape index (κ3) is 3.07. The standard InChI is InChI=1S/C15H25N3O/c1-10-7-17-14(11(2)15(10)19-4)9-18-6-5-13(8-18)12(3)16/h7,12-13H,5-6,8-9,16H2,1-4H3. The van der Waals surface area contributed by atoms with Gasteiger partial charge >= 0.3 is 0 Å². The van der Waals surface area contributed by atoms with Crippen LogP contribution in [-0.4, -0.2) is 36.1 Å². The third-order valence-corrected chi connectivity index (χ3v) is 4.18. The third-order valence-electron chi connectivity index (χ3n) is 4.18. The SMILES string of the molecule is COc1c(C)cnc(CN2CCC(C(C)N)C2)c1C. The van der Waals surface area contributed by atoms with Crippen LogP contribution in [0.15, 0.2) is 6.20 Å². The number of hydrogen-bond donors (Lipinski definition) is 1. The quantitative estimate of drug-likeness (QED) is 0.901. The van der Waals surface area contributed by atoms with E-state index in [-0.39, 0.29) is 6.04 Å². The zero-order chi connectivity index (χ0) is 14.0. The lowest BCUT2D eigenvalue weighted by Crippen LogP contribution is -2.29. The van der Waals surface area contributed by atoms with Gasteiger partial charge in [0.15, 0.2) is 0 Å². The molecule has 19 heavy (non-hydrogen) atoms. The Morgan fingerprint density at radius 2 is 2.26 bits per heavy atom. The fourth-order valence-corrected chi connectivity index (χ4v) is 2.88. The molecule has 0 saturated carbocycles. The maximum Gasteiger partial charge on any atom is 0.128 e. The van der Waals surface area contributed by atoms with Gasteiger partial charge in [0.2, 0.25) is 0 Å². The first-order valence-corrected chi connectivity index (χ1v) is 7.00. The number of pyridine rings is 1. The number of aromatic nitrogens is 1. The van der Waals surface area contributed by atoms with E-state index in [0.29, 0.717) is 5.92 Å². The van der Waals surface area contributed by atoms with Gasteiger partial charge in [-0.05, 0) is 39.7 Å². The summed E-state index contributed by atoms with van der Waals surface area (Å²) >= 11 is 0. The molecule has 4 nitrogen and oxygen atoms in total. The minimum atomic E-state index is 0.284. The summed E-state index contributed by atoms with van der Waals surface area (Å²) in [6.07, 6.45) is 3.10. The molecule has 0 bridgehead atoms. The normalized spacial score (nSPS) is 21.6. The maximum atomic E-state index is 5.99. The molecule has 0 aliphatic carbocycles. The van der Waals surface area contributed by atoms with Crippen LogP contribution < -0.4 is 10.5 Å². The second kappa shape index (κ2) is 5.88. The molecule has 2 rings (SSSR count). The van der Waals surface area contributed by atoms with E-state index in [1.54, 1.807) is 7.11 Å². The second-order valence-electron chi connectivity index (χ2n) is 5.69. The molecular formula is C15H25N3O. The fourth-order valence-electron chi connectivity index (χ4n) is 2.88. The van der Waals surface area contributed by atoms with Crippen molar-refractivity contribution >= 4 is 0 Å². The number of ether oxygens (including phenoxy) is 1. The zero-order valence-corrected chi connectivity index (χ0v) is 12.4. The highest BCUT2D eigenvalue weighted by Gasteiger charge is 2.26. The van der Waals surface area contributed by atoms with Crippen molar-refractivity contribution < 1.29 is 4.74 Å². The molecule has 0 spiro atoms. The van der Waals surface area contributed by atoms with Gasteiger partial charge in [0, 0.05) is 36.5 Å². The van der Waals surface area contributed by atoms with E-state index in [1.807, 2.05) is 13.1 Å². The first-order valence-electron chi connectivity index (χ1n) is 7.00. The van der Waals surface area contributed by atoms with Gasteiger partial charge in [0.05, 0.1) is 12.8 Å². The summed E-state index contributed by atoms with van der Waals surface area (Å²) in [6.45, 7) is 9.31. The predicted molar refractivity (Wildman–Crippen MR) is 77.3 cm³/mol. The van der Waals surface area contributed by atoms with E-state index in [1.165, 1.54) is 6.42 Å². The van der Waals surface area contributed by atoms with Crippen molar-refractivity contribution in [3.8, 4) is 5.75 Å². The van der Waals surface area contributed by atoms with Gasteiger partial charge in [-0.3, -0.25) is 9.88 Å². The zero-order valence-electron chi connectivity index (χ0n) is 12.4. The van der Waals surface area contributed by atoms with E-state index in [2.05, 4.69) is 23.7 Å². The number of nitrogens with zero attached hydrogens (tertiary/aromatic N) is 2. The minimum absolute atomic E-state index is 0.284. The average molecular weight is 263 g/mol. The summed E-state index contributed by atoms with van der Waals surface area (Å²) in [5.41, 5.74) is 9.36. The topological polar surface area (TPSA) is 51.4 Å². The summed E-state index contributed by atoms with van der Waals surface area (Å²) < 4.78 is 5.46. The Labute approximate surface area is 116 Å². The van der Waals surface area contributed by atoms with Crippen molar-refractivity contribution in [2.24, 2.45) is 11.7 Å². The molecule has 0 amide bonds. The molecule has 4 heteroatoms. The number of methoxy groups -OCH3 is 1. The van der Waals surface area contributed by atoms with Gasteiger partial charge in [-0.15, -0.1) is 0 Å². The Balaban J connectivity index is 2.08. The number of likely N-dealkylation sites (tertiary alicyclic amines) is 1. The molecule has 0 aromatic carbocycles. The Morgan fingerprint density at radius 1 is 1.53 bits per heavy atom. The lowest BCUT2D eigenvalue weighted by Gasteiger charge is -2.19. The Morgan fingerprint density at radius 3 is 2.84 bits per heavy atom. The smallest absolute Gasteiger partial charge is 0.128 e. The van der Waals surface area contributed by atoms with Gasteiger partial charge in [-0.1, -0.05) is 0 Å². The lowest BCUT2D eigenvalue weighted by atomic mass is 10.0. The Hall–Kier alpha value is -1.13. The van der Waals surface area contributed by atoms with Gasteiger partial charge in [-0.25, -0.2) is 0 Å². The van der Waals surface area contributed by atoms with Crippen molar-refractivity contribution in [2.75, 3.05) is 20.2 Å². The van der Waals surface area contributed by atoms with Gasteiger partial charge in [-0.2, -0.15) is 0 Å². The van der Waals surface area contributed by atoms with E-state index in [9.17, 15) is 0 Å². The van der Waals surface area contributed by atoms with Crippen molar-refractivity contribution in [2.45, 2.75) is 39.8 Å². The van der Waals surface area contributed by atoms with Crippen LogP contribution in [0.3, 0.4) is 0 Å². The Bertz CT molecular complexity index is 445. The van der Waals surface area contributed by atoms with Gasteiger partial charge in [0.25, 0.3) is 0 Å². The van der Waals surface area contributed by atoms with Crippen LogP contribution in [0.4, 0.5) is 0 Å². The fraction of sp³-hybridized carbons (Fsp3) is 0.667. The molecule has 106 valence electrons. The number of rotatable bonds is 4. The van der Waals surface area contributed by atoms with Gasteiger partial charge in [0.1, 0.15) is 5.75 Å². The van der Waals surface area contributed by atoms with Crippen molar-refractivity contribution in [3.05, 3.63) is 23.0 Å².